The summed E-state index contributed by atoms with van der Waals surface area (Å²) in [5.41, 5.74) is 8.27. The van der Waals surface area contributed by atoms with Crippen molar-refractivity contribution in [2.75, 3.05) is 0 Å². The molecule has 1 aromatic rings. The van der Waals surface area contributed by atoms with E-state index in [1.165, 1.54) is 12.1 Å². The molecule has 1 aromatic carbocycles. The maximum atomic E-state index is 11.9. The van der Waals surface area contributed by atoms with Crippen LogP contribution in [0.1, 0.15) is 0 Å². The summed E-state index contributed by atoms with van der Waals surface area (Å²) in [5.74, 6) is 0. The van der Waals surface area contributed by atoms with E-state index in [1.807, 2.05) is 0 Å². The van der Waals surface area contributed by atoms with E-state index >= 15 is 0 Å². The highest BCUT2D eigenvalue weighted by atomic mass is 32.2. The molecule has 0 amide bonds. The molecule has 1 aliphatic heterocycles. The van der Waals surface area contributed by atoms with Gasteiger partial charge in [-0.05, 0) is 22.8 Å². The first-order valence-corrected chi connectivity index (χ1v) is 5.53. The average Bonchev–Trinajstić information content (AvgIpc) is 3.01. The molecular formula is C8H6N4O2S. The molecule has 0 bridgehead atoms. The number of hydrogen-bond donors (Lipinski definition) is 0. The molecule has 1 aliphatic rings. The van der Waals surface area contributed by atoms with Crippen LogP contribution in [-0.2, 0) is 9.84 Å². The van der Waals surface area contributed by atoms with Crippen LogP contribution in [0.5, 0.6) is 0 Å². The third-order valence-corrected chi connectivity index (χ3v) is 3.96. The van der Waals surface area contributed by atoms with Gasteiger partial charge >= 0.3 is 0 Å². The number of aliphatic imine (C=N–C) groups is 1. The van der Waals surface area contributed by atoms with Crippen molar-refractivity contribution in [3.8, 4) is 0 Å². The van der Waals surface area contributed by atoms with Gasteiger partial charge < -0.3 is 0 Å². The molecule has 0 N–H and O–H groups in total. The molecule has 1 unspecified atom stereocenters. The van der Waals surface area contributed by atoms with Gasteiger partial charge in [0, 0.05) is 4.91 Å². The topological polar surface area (TPSA) is 95.3 Å². The standard InChI is InChI=1S/C8H6N4O2S/c9-12-11-8(6-10-8)15(13,14)7-4-2-1-3-5-7/h1-6H. The van der Waals surface area contributed by atoms with Crippen LogP contribution >= 0.6 is 0 Å². The minimum Gasteiger partial charge on any atom is -0.259 e. The number of sulfone groups is 1. The fourth-order valence-corrected chi connectivity index (χ4v) is 2.47. The first-order chi connectivity index (χ1) is 7.12. The van der Waals surface area contributed by atoms with Crippen LogP contribution in [0.3, 0.4) is 0 Å². The van der Waals surface area contributed by atoms with Gasteiger partial charge in [0.05, 0.1) is 11.1 Å². The molecule has 0 fully saturated rings. The van der Waals surface area contributed by atoms with Gasteiger partial charge in [-0.1, -0.05) is 18.2 Å². The monoisotopic (exact) mass is 222 g/mol. The lowest BCUT2D eigenvalue weighted by molar-refractivity contribution is 0.581. The molecule has 0 aliphatic carbocycles. The van der Waals surface area contributed by atoms with Crippen molar-refractivity contribution in [2.45, 2.75) is 9.89 Å². The van der Waals surface area contributed by atoms with Crippen LogP contribution in [0.15, 0.2) is 45.3 Å². The lowest BCUT2D eigenvalue weighted by Gasteiger charge is -2.07. The smallest absolute Gasteiger partial charge is 0.259 e. The Morgan fingerprint density at radius 1 is 1.33 bits per heavy atom. The van der Waals surface area contributed by atoms with E-state index in [2.05, 4.69) is 15.0 Å². The van der Waals surface area contributed by atoms with Crippen molar-refractivity contribution in [3.05, 3.63) is 40.8 Å². The summed E-state index contributed by atoms with van der Waals surface area (Å²) in [7, 11) is -3.73. The highest BCUT2D eigenvalue weighted by Gasteiger charge is 2.50. The van der Waals surface area contributed by atoms with E-state index in [0.717, 1.165) is 6.21 Å². The maximum Gasteiger partial charge on any atom is 0.278 e. The van der Waals surface area contributed by atoms with Crippen LogP contribution in [-0.4, -0.2) is 19.6 Å². The zero-order valence-electron chi connectivity index (χ0n) is 7.48. The van der Waals surface area contributed by atoms with Crippen molar-refractivity contribution < 1.29 is 8.42 Å². The van der Waals surface area contributed by atoms with Crippen molar-refractivity contribution in [1.29, 1.82) is 0 Å². The van der Waals surface area contributed by atoms with E-state index in [4.69, 9.17) is 5.53 Å². The molecule has 2 rings (SSSR count). The minimum absolute atomic E-state index is 0.0925. The van der Waals surface area contributed by atoms with Crippen LogP contribution in [0, 0.1) is 0 Å². The van der Waals surface area contributed by atoms with E-state index < -0.39 is 14.8 Å². The quantitative estimate of drug-likeness (QED) is 0.440. The predicted molar refractivity (Wildman–Crippen MR) is 54.0 cm³/mol. The Bertz CT molecular complexity index is 552. The second-order valence-corrected chi connectivity index (χ2v) is 5.00. The van der Waals surface area contributed by atoms with Gasteiger partial charge in [0.15, 0.2) is 0 Å². The number of azide groups is 1. The molecule has 0 radical (unpaired) electrons. The second-order valence-electron chi connectivity index (χ2n) is 2.92. The van der Waals surface area contributed by atoms with Crippen molar-refractivity contribution in [2.24, 2.45) is 10.1 Å². The van der Waals surface area contributed by atoms with Crippen LogP contribution in [0.4, 0.5) is 0 Å². The highest BCUT2D eigenvalue weighted by molar-refractivity contribution is 7.94. The molecule has 1 heterocycles. The molecule has 76 valence electrons. The SMILES string of the molecule is [N-]=[N+]=NC1(S(=O)(=O)c2ccccc2)C=N1. The van der Waals surface area contributed by atoms with Crippen LogP contribution in [0.2, 0.25) is 0 Å². The number of rotatable bonds is 3. The molecule has 7 heteroatoms. The summed E-state index contributed by atoms with van der Waals surface area (Å²) >= 11 is 0. The zero-order chi connectivity index (χ0) is 10.9. The van der Waals surface area contributed by atoms with E-state index in [9.17, 15) is 8.42 Å². The minimum atomic E-state index is -3.73. The Morgan fingerprint density at radius 3 is 2.40 bits per heavy atom. The summed E-state index contributed by atoms with van der Waals surface area (Å²) in [6, 6.07) is 7.77. The first kappa shape index (κ1) is 9.70. The Balaban J connectivity index is 2.50. The Labute approximate surface area is 85.8 Å². The van der Waals surface area contributed by atoms with Crippen molar-refractivity contribution >= 4 is 16.1 Å². The molecule has 0 saturated carbocycles. The molecule has 0 saturated heterocycles. The fraction of sp³-hybridized carbons (Fsp3) is 0.125. The van der Waals surface area contributed by atoms with Gasteiger partial charge in [0.1, 0.15) is 0 Å². The maximum absolute atomic E-state index is 11.9. The molecular weight excluding hydrogens is 216 g/mol. The third kappa shape index (κ3) is 1.38. The molecule has 0 aromatic heterocycles. The summed E-state index contributed by atoms with van der Waals surface area (Å²) in [6.07, 6.45) is 1.12. The number of hydrogen-bond acceptors (Lipinski definition) is 4. The van der Waals surface area contributed by atoms with Crippen LogP contribution < -0.4 is 0 Å². The van der Waals surface area contributed by atoms with Crippen molar-refractivity contribution in [3.63, 3.8) is 0 Å². The Kier molecular flexibility index (Phi) is 1.99. The van der Waals surface area contributed by atoms with Gasteiger partial charge in [-0.3, -0.25) is 4.99 Å². The normalized spacial score (nSPS) is 23.2. The van der Waals surface area contributed by atoms with Gasteiger partial charge in [-0.2, -0.15) is 0 Å². The lowest BCUT2D eigenvalue weighted by Crippen LogP contribution is -2.23. The van der Waals surface area contributed by atoms with Crippen molar-refractivity contribution in [1.82, 2.24) is 0 Å². The number of benzene rings is 1. The lowest BCUT2D eigenvalue weighted by atomic mass is 10.4. The van der Waals surface area contributed by atoms with Crippen LogP contribution in [0.25, 0.3) is 10.4 Å². The zero-order valence-corrected chi connectivity index (χ0v) is 8.29. The molecule has 0 spiro atoms. The predicted octanol–water partition coefficient (Wildman–Crippen LogP) is 1.51. The second kappa shape index (κ2) is 3.08. The summed E-state index contributed by atoms with van der Waals surface area (Å²) in [6.45, 7) is 0. The van der Waals surface area contributed by atoms with Gasteiger partial charge in [-0.15, -0.1) is 0 Å². The summed E-state index contributed by atoms with van der Waals surface area (Å²) in [5, 5.41) is 3.19. The Morgan fingerprint density at radius 2 is 1.93 bits per heavy atom. The third-order valence-electron chi connectivity index (χ3n) is 1.99. The molecule has 1 atom stereocenters. The Hall–Kier alpha value is -1.85. The van der Waals surface area contributed by atoms with Gasteiger partial charge in [0.25, 0.3) is 4.99 Å². The number of nitrogens with zero attached hydrogens (tertiary/aromatic N) is 4. The van der Waals surface area contributed by atoms with Gasteiger partial charge in [0.2, 0.25) is 9.84 Å². The highest BCUT2D eigenvalue weighted by Crippen LogP contribution is 2.34. The largest absolute Gasteiger partial charge is 0.278 e. The van der Waals surface area contributed by atoms with E-state index in [1.54, 1.807) is 18.2 Å². The summed E-state index contributed by atoms with van der Waals surface area (Å²) < 4.78 is 23.8. The average molecular weight is 222 g/mol. The van der Waals surface area contributed by atoms with E-state index in [-0.39, 0.29) is 4.90 Å². The first-order valence-electron chi connectivity index (χ1n) is 4.05. The summed E-state index contributed by atoms with van der Waals surface area (Å²) in [4.78, 5) is 4.39. The fourth-order valence-electron chi connectivity index (χ4n) is 1.14. The molecule has 15 heavy (non-hydrogen) atoms. The van der Waals surface area contributed by atoms with E-state index in [0.29, 0.717) is 0 Å². The van der Waals surface area contributed by atoms with Gasteiger partial charge in [-0.25, -0.2) is 8.42 Å². The molecule has 6 nitrogen and oxygen atoms in total.